The summed E-state index contributed by atoms with van der Waals surface area (Å²) in [7, 11) is 0. The molecule has 1 aliphatic carbocycles. The topological polar surface area (TPSA) is 126 Å². The average molecular weight is 379 g/mol. The van der Waals surface area contributed by atoms with Gasteiger partial charge >= 0.3 is 5.97 Å². The van der Waals surface area contributed by atoms with Crippen LogP contribution in [0.1, 0.15) is 42.1 Å². The van der Waals surface area contributed by atoms with Crippen molar-refractivity contribution in [3.05, 3.63) is 57.4 Å². The summed E-state index contributed by atoms with van der Waals surface area (Å²) in [5.74, 6) is -0.869. The van der Waals surface area contributed by atoms with Crippen LogP contribution in [0.2, 0.25) is 0 Å². The highest BCUT2D eigenvalue weighted by Crippen LogP contribution is 2.41. The predicted molar refractivity (Wildman–Crippen MR) is 89.1 cm³/mol. The lowest BCUT2D eigenvalue weighted by Gasteiger charge is -2.05. The Hall–Kier alpha value is -3.37. The van der Waals surface area contributed by atoms with E-state index in [1.807, 2.05) is 0 Å². The van der Waals surface area contributed by atoms with E-state index in [0.29, 0.717) is 11.3 Å². The lowest BCUT2D eigenvalue weighted by molar-refractivity contribution is -0.384. The van der Waals surface area contributed by atoms with Crippen molar-refractivity contribution in [1.29, 1.82) is 0 Å². The standard InChI is InChI=1S/C16H15F2N5O4/c17-15(18)12-7-13(9-1-2-9)22(20-12)8-14(24)27-21-16(19)10-3-5-11(6-4-10)23(25)26/h3-7,9,15H,1-2,8H2,(H2,19,21). The molecule has 11 heteroatoms. The Morgan fingerprint density at radius 3 is 2.63 bits per heavy atom. The second-order valence-corrected chi connectivity index (χ2v) is 5.97. The van der Waals surface area contributed by atoms with E-state index in [4.69, 9.17) is 10.6 Å². The summed E-state index contributed by atoms with van der Waals surface area (Å²) >= 11 is 0. The first-order valence-corrected chi connectivity index (χ1v) is 7.99. The minimum absolute atomic E-state index is 0.117. The van der Waals surface area contributed by atoms with Gasteiger partial charge in [0.05, 0.1) is 4.92 Å². The zero-order chi connectivity index (χ0) is 19.6. The summed E-state index contributed by atoms with van der Waals surface area (Å²) in [6, 6.07) is 6.48. The number of hydrogen-bond donors (Lipinski definition) is 1. The van der Waals surface area contributed by atoms with E-state index in [1.165, 1.54) is 35.0 Å². The minimum atomic E-state index is -2.73. The molecule has 0 amide bonds. The predicted octanol–water partition coefficient (Wildman–Crippen LogP) is 2.47. The number of oxime groups is 1. The number of carbonyl (C=O) groups excluding carboxylic acids is 1. The zero-order valence-electron chi connectivity index (χ0n) is 13.9. The normalized spacial score (nSPS) is 14.4. The molecule has 1 fully saturated rings. The zero-order valence-corrected chi connectivity index (χ0v) is 13.9. The van der Waals surface area contributed by atoms with Crippen molar-refractivity contribution >= 4 is 17.5 Å². The Morgan fingerprint density at radius 1 is 1.41 bits per heavy atom. The molecular weight excluding hydrogens is 364 g/mol. The molecule has 0 atom stereocenters. The third kappa shape index (κ3) is 4.43. The Morgan fingerprint density at radius 2 is 2.07 bits per heavy atom. The van der Waals surface area contributed by atoms with Gasteiger partial charge in [-0.25, -0.2) is 13.6 Å². The number of halogens is 2. The van der Waals surface area contributed by atoms with Crippen molar-refractivity contribution in [1.82, 2.24) is 9.78 Å². The van der Waals surface area contributed by atoms with E-state index in [9.17, 15) is 23.7 Å². The van der Waals surface area contributed by atoms with Crippen molar-refractivity contribution < 1.29 is 23.3 Å². The molecule has 2 N–H and O–H groups in total. The number of non-ortho nitro benzene ring substituents is 1. The highest BCUT2D eigenvalue weighted by Gasteiger charge is 2.30. The molecule has 0 aliphatic heterocycles. The van der Waals surface area contributed by atoms with Crippen molar-refractivity contribution in [2.24, 2.45) is 10.9 Å². The average Bonchev–Trinajstić information content (AvgIpc) is 3.40. The quantitative estimate of drug-likeness (QED) is 0.259. The fourth-order valence-electron chi connectivity index (χ4n) is 2.45. The number of hydrogen-bond acceptors (Lipinski definition) is 6. The van der Waals surface area contributed by atoms with Gasteiger partial charge in [0.15, 0.2) is 5.84 Å². The van der Waals surface area contributed by atoms with Crippen LogP contribution in [0.5, 0.6) is 0 Å². The summed E-state index contributed by atoms with van der Waals surface area (Å²) in [6.07, 6.45) is -1.01. The lowest BCUT2D eigenvalue weighted by Crippen LogP contribution is -2.18. The molecular formula is C16H15F2N5O4. The molecule has 3 rings (SSSR count). The van der Waals surface area contributed by atoms with Crippen LogP contribution in [0.25, 0.3) is 0 Å². The molecule has 1 saturated carbocycles. The van der Waals surface area contributed by atoms with Crippen LogP contribution in [-0.2, 0) is 16.2 Å². The fourth-order valence-corrected chi connectivity index (χ4v) is 2.45. The number of aromatic nitrogens is 2. The monoisotopic (exact) mass is 379 g/mol. The van der Waals surface area contributed by atoms with Gasteiger partial charge in [-0.15, -0.1) is 0 Å². The molecule has 2 aromatic rings. The molecule has 0 unspecified atom stereocenters. The van der Waals surface area contributed by atoms with E-state index >= 15 is 0 Å². The third-order valence-electron chi connectivity index (χ3n) is 3.95. The van der Waals surface area contributed by atoms with Crippen molar-refractivity contribution in [2.75, 3.05) is 0 Å². The SMILES string of the molecule is N/C(=N\OC(=O)Cn1nc(C(F)F)cc1C1CC1)c1ccc([N+](=O)[O-])cc1. The second kappa shape index (κ2) is 7.48. The fraction of sp³-hybridized carbons (Fsp3) is 0.312. The van der Waals surface area contributed by atoms with Crippen LogP contribution in [0, 0.1) is 10.1 Å². The molecule has 1 aromatic carbocycles. The minimum Gasteiger partial charge on any atom is -0.380 e. The maximum atomic E-state index is 12.8. The van der Waals surface area contributed by atoms with Crippen LogP contribution >= 0.6 is 0 Å². The second-order valence-electron chi connectivity index (χ2n) is 5.97. The first-order chi connectivity index (χ1) is 12.8. The Balaban J connectivity index is 1.65. The maximum Gasteiger partial charge on any atom is 0.356 e. The van der Waals surface area contributed by atoms with Gasteiger partial charge in [-0.3, -0.25) is 14.8 Å². The van der Waals surface area contributed by atoms with Crippen LogP contribution in [0.3, 0.4) is 0 Å². The van der Waals surface area contributed by atoms with Gasteiger partial charge < -0.3 is 10.6 Å². The Labute approximate surface area is 151 Å². The Kier molecular flexibility index (Phi) is 5.10. The highest BCUT2D eigenvalue weighted by atomic mass is 19.3. The van der Waals surface area contributed by atoms with Crippen molar-refractivity contribution in [3.63, 3.8) is 0 Å². The van der Waals surface area contributed by atoms with Gasteiger partial charge in [0.2, 0.25) is 0 Å². The summed E-state index contributed by atoms with van der Waals surface area (Å²) < 4.78 is 26.9. The first-order valence-electron chi connectivity index (χ1n) is 7.99. The van der Waals surface area contributed by atoms with Gasteiger partial charge in [-0.05, 0) is 31.0 Å². The van der Waals surface area contributed by atoms with Crippen LogP contribution in [-0.4, -0.2) is 26.5 Å². The number of benzene rings is 1. The number of nitrogens with zero attached hydrogens (tertiary/aromatic N) is 4. The summed E-state index contributed by atoms with van der Waals surface area (Å²) in [5.41, 5.74) is 6.05. The van der Waals surface area contributed by atoms with E-state index in [0.717, 1.165) is 12.8 Å². The van der Waals surface area contributed by atoms with E-state index in [2.05, 4.69) is 10.3 Å². The smallest absolute Gasteiger partial charge is 0.356 e. The van der Waals surface area contributed by atoms with Gasteiger partial charge in [0.1, 0.15) is 12.2 Å². The molecule has 9 nitrogen and oxygen atoms in total. The van der Waals surface area contributed by atoms with Gasteiger partial charge in [-0.2, -0.15) is 5.10 Å². The first kappa shape index (κ1) is 18.4. The number of nitro benzene ring substituents is 1. The number of alkyl halides is 2. The lowest BCUT2D eigenvalue weighted by atomic mass is 10.2. The maximum absolute atomic E-state index is 12.8. The van der Waals surface area contributed by atoms with Gasteiger partial charge in [-0.1, -0.05) is 5.16 Å². The van der Waals surface area contributed by atoms with Crippen LogP contribution in [0.15, 0.2) is 35.5 Å². The number of amidine groups is 1. The largest absolute Gasteiger partial charge is 0.380 e. The van der Waals surface area contributed by atoms with Crippen molar-refractivity contribution in [3.8, 4) is 0 Å². The molecule has 1 aliphatic rings. The van der Waals surface area contributed by atoms with Crippen LogP contribution < -0.4 is 5.73 Å². The highest BCUT2D eigenvalue weighted by molar-refractivity contribution is 5.97. The summed E-state index contributed by atoms with van der Waals surface area (Å²) in [5, 5.41) is 17.8. The number of nitro groups is 1. The number of carbonyl (C=O) groups is 1. The van der Waals surface area contributed by atoms with Gasteiger partial charge in [0, 0.05) is 29.3 Å². The molecule has 0 saturated heterocycles. The molecule has 142 valence electrons. The molecule has 0 spiro atoms. The molecule has 0 bridgehead atoms. The number of nitrogens with two attached hydrogens (primary N) is 1. The van der Waals surface area contributed by atoms with E-state index in [1.54, 1.807) is 0 Å². The third-order valence-corrected chi connectivity index (χ3v) is 3.95. The van der Waals surface area contributed by atoms with Crippen molar-refractivity contribution in [2.45, 2.75) is 31.7 Å². The molecule has 1 heterocycles. The van der Waals surface area contributed by atoms with Gasteiger partial charge in [0.25, 0.3) is 12.1 Å². The molecule has 27 heavy (non-hydrogen) atoms. The van der Waals surface area contributed by atoms with E-state index < -0.39 is 23.0 Å². The van der Waals surface area contributed by atoms with Crippen LogP contribution in [0.4, 0.5) is 14.5 Å². The number of rotatable bonds is 7. The summed E-state index contributed by atoms with van der Waals surface area (Å²) in [6.45, 7) is -0.379. The van der Waals surface area contributed by atoms with E-state index in [-0.39, 0.29) is 24.0 Å². The Bertz CT molecular complexity index is 891. The molecule has 1 aromatic heterocycles. The summed E-state index contributed by atoms with van der Waals surface area (Å²) in [4.78, 5) is 26.7. The molecule has 0 radical (unpaired) electrons.